The molecule has 0 fully saturated rings. The van der Waals surface area contributed by atoms with Gasteiger partial charge in [0.15, 0.2) is 0 Å². The van der Waals surface area contributed by atoms with E-state index in [-0.39, 0.29) is 18.9 Å². The Morgan fingerprint density at radius 3 is 1.25 bits per heavy atom. The average molecular weight is 118 g/mol. The molecule has 0 N–H and O–H groups in total. The Bertz CT molecular complexity index is 6.00. The Balaban J connectivity index is 0. The van der Waals surface area contributed by atoms with Crippen LogP contribution in [0.25, 0.3) is 0 Å². The Kier molecular flexibility index (Phi) is 20.0. The van der Waals surface area contributed by atoms with E-state index in [2.05, 4.69) is 0 Å². The molecule has 0 heterocycles. The van der Waals surface area contributed by atoms with Crippen LogP contribution in [0.15, 0.2) is 0 Å². The Labute approximate surface area is 42.6 Å². The molecule has 0 saturated carbocycles. The van der Waals surface area contributed by atoms with Crippen molar-refractivity contribution in [2.75, 3.05) is 0 Å². The minimum absolute atomic E-state index is 0. The molecular weight excluding hydrogens is 118 g/mol. The van der Waals surface area contributed by atoms with Gasteiger partial charge in [0.1, 0.15) is 0 Å². The van der Waals surface area contributed by atoms with E-state index in [1.807, 2.05) is 0 Å². The first-order valence-corrected chi connectivity index (χ1v) is 1.96. The van der Waals surface area contributed by atoms with Crippen LogP contribution < -0.4 is 0 Å². The second-order valence-corrected chi connectivity index (χ2v) is 0.371. The van der Waals surface area contributed by atoms with Gasteiger partial charge in [0.25, 0.3) is 0 Å². The molecule has 19 valence electrons. The zero-order valence-electron chi connectivity index (χ0n) is 2.26. The summed E-state index contributed by atoms with van der Waals surface area (Å²) in [7, 11) is 0. The molecule has 0 aliphatic rings. The molecule has 0 amide bonds. The third-order valence-electron chi connectivity index (χ3n) is 0. The van der Waals surface area contributed by atoms with Crippen molar-refractivity contribution in [3.63, 3.8) is 0 Å². The van der Waals surface area contributed by atoms with Crippen LogP contribution in [0, 0.1) is 0 Å². The van der Waals surface area contributed by atoms with Gasteiger partial charge in [-0.3, -0.25) is 0 Å². The minimum Gasteiger partial charge on any atom is 0 e. The van der Waals surface area contributed by atoms with Crippen molar-refractivity contribution >= 4 is 35.2 Å². The predicted octanol–water partition coefficient (Wildman–Crippen LogP) is 0.0788. The molecule has 0 aromatic heterocycles. The van der Waals surface area contributed by atoms with E-state index < -0.39 is 16.4 Å². The van der Waals surface area contributed by atoms with Gasteiger partial charge < -0.3 is 0 Å². The monoisotopic (exact) mass is 119 g/mol. The van der Waals surface area contributed by atoms with Crippen molar-refractivity contribution in [3.8, 4) is 0 Å². The maximum absolute atomic E-state index is 9.75. The van der Waals surface area contributed by atoms with Gasteiger partial charge in [0, 0.05) is 18.9 Å². The Morgan fingerprint density at radius 2 is 1.25 bits per heavy atom. The first-order valence-electron chi connectivity index (χ1n) is 0.378. The van der Waals surface area contributed by atoms with Crippen molar-refractivity contribution in [1.82, 2.24) is 0 Å². The molecule has 0 aliphatic carbocycles. The summed E-state index contributed by atoms with van der Waals surface area (Å²) < 4.78 is 19.5. The summed E-state index contributed by atoms with van der Waals surface area (Å²) in [5.41, 5.74) is 0. The third-order valence-corrected chi connectivity index (χ3v) is 0. The normalized spacial score (nSPS) is 4.50. The maximum atomic E-state index is 9.75. The van der Waals surface area contributed by atoms with Crippen LogP contribution in [0.5, 0.6) is 0 Å². The van der Waals surface area contributed by atoms with Crippen LogP contribution in [0.4, 0.5) is 7.00 Å². The van der Waals surface area contributed by atoms with Gasteiger partial charge in [-0.15, -0.1) is 0 Å². The summed E-state index contributed by atoms with van der Waals surface area (Å²) in [4.78, 5) is 0. The fourth-order valence-electron chi connectivity index (χ4n) is 0. The van der Waals surface area contributed by atoms with Gasteiger partial charge >= 0.3 is 23.4 Å². The quantitative estimate of drug-likeness (QED) is 0.394. The van der Waals surface area contributed by atoms with Gasteiger partial charge in [0.2, 0.25) is 0 Å². The average Bonchev–Trinajstić information content (AvgIpc) is 0.918. The fraction of sp³-hybridized carbons (Fsp3) is 0. The standard InChI is InChI=1S/F2Ge.Li/c1-3-2;. The number of hydrogen-bond acceptors (Lipinski definition) is 0. The smallest absolute Gasteiger partial charge is 0 e. The molecule has 0 nitrogen and oxygen atoms in total. The SMILES string of the molecule is [F][Ge][F].[Li]. The van der Waals surface area contributed by atoms with Crippen LogP contribution >= 0.6 is 0 Å². The van der Waals surface area contributed by atoms with Crippen LogP contribution in [-0.2, 0) is 0 Å². The van der Waals surface area contributed by atoms with Crippen LogP contribution in [0.2, 0.25) is 0 Å². The second-order valence-electron chi connectivity index (χ2n) is 0.0714. The number of rotatable bonds is 0. The van der Waals surface area contributed by atoms with Crippen molar-refractivity contribution < 1.29 is 7.00 Å². The van der Waals surface area contributed by atoms with E-state index in [0.29, 0.717) is 0 Å². The summed E-state index contributed by atoms with van der Waals surface area (Å²) in [5.74, 6) is 0. The predicted molar refractivity (Wildman–Crippen MR) is 13.7 cm³/mol. The number of hydrogen-bond donors (Lipinski definition) is 0. The van der Waals surface area contributed by atoms with E-state index in [1.54, 1.807) is 0 Å². The third kappa shape index (κ3) is 12.0. The summed E-state index contributed by atoms with van der Waals surface area (Å²) >= 11 is -2.50. The molecule has 4 heteroatoms. The van der Waals surface area contributed by atoms with Crippen molar-refractivity contribution in [1.29, 1.82) is 0 Å². The molecule has 0 aromatic rings. The molecule has 3 radical (unpaired) electrons. The zero-order chi connectivity index (χ0) is 2.71. The molecule has 0 saturated heterocycles. The topological polar surface area (TPSA) is 0 Å². The Morgan fingerprint density at radius 1 is 1.25 bits per heavy atom. The van der Waals surface area contributed by atoms with E-state index in [4.69, 9.17) is 0 Å². The van der Waals surface area contributed by atoms with Crippen molar-refractivity contribution in [2.24, 2.45) is 0 Å². The summed E-state index contributed by atoms with van der Waals surface area (Å²) in [6.07, 6.45) is 0. The first-order chi connectivity index (χ1) is 1.41. The van der Waals surface area contributed by atoms with Crippen molar-refractivity contribution in [3.05, 3.63) is 0 Å². The van der Waals surface area contributed by atoms with E-state index in [1.165, 1.54) is 0 Å². The summed E-state index contributed by atoms with van der Waals surface area (Å²) in [6, 6.07) is 0. The molecular formula is F2GeLi. The molecule has 0 aliphatic heterocycles. The Hall–Kier alpha value is 1.00. The molecule has 0 atom stereocenters. The van der Waals surface area contributed by atoms with Crippen molar-refractivity contribution in [2.45, 2.75) is 0 Å². The van der Waals surface area contributed by atoms with Gasteiger partial charge in [-0.2, -0.15) is 0 Å². The molecule has 0 aromatic carbocycles. The van der Waals surface area contributed by atoms with Crippen LogP contribution in [0.1, 0.15) is 0 Å². The van der Waals surface area contributed by atoms with Gasteiger partial charge in [-0.25, -0.2) is 0 Å². The van der Waals surface area contributed by atoms with E-state index in [0.717, 1.165) is 0 Å². The van der Waals surface area contributed by atoms with E-state index in [9.17, 15) is 7.00 Å². The number of halogens is 2. The van der Waals surface area contributed by atoms with E-state index >= 15 is 0 Å². The van der Waals surface area contributed by atoms with Crippen LogP contribution in [0.3, 0.4) is 0 Å². The molecule has 4 heavy (non-hydrogen) atoms. The van der Waals surface area contributed by atoms with Gasteiger partial charge in [0.05, 0.1) is 0 Å². The molecule has 0 bridgehead atoms. The molecule has 0 unspecified atom stereocenters. The summed E-state index contributed by atoms with van der Waals surface area (Å²) in [6.45, 7) is 0. The van der Waals surface area contributed by atoms with Crippen LogP contribution in [-0.4, -0.2) is 35.2 Å². The largest absolute Gasteiger partial charge is 0 e. The zero-order valence-corrected chi connectivity index (χ0v) is 4.35. The summed E-state index contributed by atoms with van der Waals surface area (Å²) in [5, 5.41) is 0. The fourth-order valence-corrected chi connectivity index (χ4v) is 0. The van der Waals surface area contributed by atoms with Gasteiger partial charge in [-0.05, 0) is 0 Å². The minimum atomic E-state index is -2.50. The molecule has 0 rings (SSSR count). The maximum Gasteiger partial charge on any atom is 0 e. The second kappa shape index (κ2) is 9.00. The van der Waals surface area contributed by atoms with Gasteiger partial charge in [-0.1, -0.05) is 0 Å². The molecule has 0 spiro atoms. The first kappa shape index (κ1) is 8.89.